The zero-order valence-corrected chi connectivity index (χ0v) is 44.3. The molecular weight excluding hydrogens is 1110 g/mol. The quantitative estimate of drug-likeness (QED) is 0.0239. The second kappa shape index (κ2) is 26.1. The molecule has 2 aromatic heterocycles. The fourth-order valence-electron chi connectivity index (χ4n) is 8.35. The first kappa shape index (κ1) is 59.9. The van der Waals surface area contributed by atoms with Gasteiger partial charge in [-0.25, -0.2) is 29.1 Å². The highest BCUT2D eigenvalue weighted by Gasteiger charge is 2.44. The number of nitrogen functional groups attached to an aromatic ring is 2. The lowest BCUT2D eigenvalue weighted by atomic mass is 10.0. The molecule has 432 valence electrons. The Morgan fingerprint density at radius 1 is 0.464 bits per heavy atom. The Balaban J connectivity index is 0.799. The molecule has 8 rings (SSSR count). The summed E-state index contributed by atoms with van der Waals surface area (Å²) in [6, 6.07) is 37.2. The van der Waals surface area contributed by atoms with Crippen molar-refractivity contribution in [3.63, 3.8) is 0 Å². The maximum atomic E-state index is 14.4. The zero-order chi connectivity index (χ0) is 60.3. The summed E-state index contributed by atoms with van der Waals surface area (Å²) in [5, 5.41) is 0. The van der Waals surface area contributed by atoms with Crippen LogP contribution in [-0.4, -0.2) is 82.5 Å². The van der Waals surface area contributed by atoms with E-state index >= 15 is 0 Å². The van der Waals surface area contributed by atoms with Crippen LogP contribution in [0.5, 0.6) is 23.3 Å². The number of alkyl halides is 6. The number of ether oxygens (including phenoxy) is 6. The van der Waals surface area contributed by atoms with Crippen LogP contribution in [0.2, 0.25) is 0 Å². The number of nitrogens with two attached hydrogens (primary N) is 4. The van der Waals surface area contributed by atoms with Crippen molar-refractivity contribution in [1.29, 1.82) is 0 Å². The van der Waals surface area contributed by atoms with Crippen LogP contribution in [0.1, 0.15) is 34.5 Å². The SMILES string of the molecule is COc1cccc(-c2ccc([C@@H](Oc3cc(-c4ccc(C[C@H](N)C(=O)OC(=O)/C=C\C(=O)OC(=O)[C@@H](N)Cc5ccc(-c6cc(O[C@H](c7ccc(-c8cccc(OC)c8)cc7)C(F)(F)F)nc(N)n6)cc5)cc4)nc(N)n3)C(F)(F)F)cc2)c1. The molecular formula is C60H50F6N8O10. The van der Waals surface area contributed by atoms with Crippen LogP contribution in [0.3, 0.4) is 0 Å². The number of methoxy groups -OCH3 is 2. The molecule has 0 unspecified atom stereocenters. The van der Waals surface area contributed by atoms with Gasteiger partial charge in [0.05, 0.1) is 25.6 Å². The third-order valence-corrected chi connectivity index (χ3v) is 12.5. The summed E-state index contributed by atoms with van der Waals surface area (Å²) in [6.07, 6.45) is -13.8. The summed E-state index contributed by atoms with van der Waals surface area (Å²) < 4.78 is 117. The molecule has 24 heteroatoms. The summed E-state index contributed by atoms with van der Waals surface area (Å²) in [5.41, 5.74) is 28.1. The van der Waals surface area contributed by atoms with E-state index in [9.17, 15) is 45.5 Å². The molecule has 84 heavy (non-hydrogen) atoms. The van der Waals surface area contributed by atoms with Crippen LogP contribution in [-0.2, 0) is 41.5 Å². The van der Waals surface area contributed by atoms with E-state index in [4.69, 9.17) is 51.4 Å². The van der Waals surface area contributed by atoms with Gasteiger partial charge in [0, 0.05) is 46.5 Å². The van der Waals surface area contributed by atoms with Crippen LogP contribution in [0.4, 0.5) is 38.2 Å². The number of benzene rings is 6. The van der Waals surface area contributed by atoms with Gasteiger partial charge in [0.1, 0.15) is 23.6 Å². The number of anilines is 2. The third kappa shape index (κ3) is 15.8. The molecule has 0 aliphatic rings. The van der Waals surface area contributed by atoms with E-state index in [1.165, 1.54) is 123 Å². The number of rotatable bonds is 20. The van der Waals surface area contributed by atoms with E-state index in [0.717, 1.165) is 11.1 Å². The molecule has 18 nitrogen and oxygen atoms in total. The first-order valence-corrected chi connectivity index (χ1v) is 25.2. The standard InChI is InChI=1S/C60H50F6N8O10/c1-79-43-7-3-5-41(29-43)35-17-21-39(22-18-35)53(59(61,62)63)81-49-31-47(71-57(69)73-49)37-13-9-33(10-14-37)27-45(67)55(77)83-51(75)25-26-52(76)84-56(78)46(68)28-34-11-15-38(16-12-34)48-32-50(74-58(70)72-48)82-54(60(64,65)66)40-23-19-36(20-24-40)42-6-4-8-44(30-42)80-2/h3-26,29-32,45-46,53-54H,27-28,67-68H2,1-2H3,(H2,69,71,73)(H2,70,72,74)/b26-25-/t45-,46-,53+,54+/m0/s1. The number of carbonyl (C=O) groups is 4. The van der Waals surface area contributed by atoms with Crippen molar-refractivity contribution in [2.24, 2.45) is 11.5 Å². The normalized spacial score (nSPS) is 13.0. The minimum absolute atomic E-state index is 0.112. The Labute approximate surface area is 475 Å². The van der Waals surface area contributed by atoms with Gasteiger partial charge < -0.3 is 51.4 Å². The van der Waals surface area contributed by atoms with Crippen molar-refractivity contribution >= 4 is 35.8 Å². The van der Waals surface area contributed by atoms with Crippen molar-refractivity contribution < 1.29 is 73.9 Å². The lowest BCUT2D eigenvalue weighted by Crippen LogP contribution is -2.36. The van der Waals surface area contributed by atoms with Gasteiger partial charge in [-0.2, -0.15) is 36.3 Å². The predicted octanol–water partition coefficient (Wildman–Crippen LogP) is 9.62. The van der Waals surface area contributed by atoms with Crippen molar-refractivity contribution in [2.75, 3.05) is 25.7 Å². The van der Waals surface area contributed by atoms with Gasteiger partial charge in [-0.3, -0.25) is 0 Å². The van der Waals surface area contributed by atoms with Gasteiger partial charge in [0.15, 0.2) is 0 Å². The Bertz CT molecular complexity index is 3440. The molecule has 0 spiro atoms. The summed E-state index contributed by atoms with van der Waals surface area (Å²) in [6.45, 7) is 0. The molecule has 0 amide bonds. The number of hydrogen-bond donors (Lipinski definition) is 4. The minimum Gasteiger partial charge on any atom is -0.497 e. The van der Waals surface area contributed by atoms with Gasteiger partial charge in [-0.1, -0.05) is 121 Å². The van der Waals surface area contributed by atoms with E-state index in [-0.39, 0.29) is 47.3 Å². The summed E-state index contributed by atoms with van der Waals surface area (Å²) in [7, 11) is 3.01. The lowest BCUT2D eigenvalue weighted by molar-refractivity contribution is -0.199. The summed E-state index contributed by atoms with van der Waals surface area (Å²) >= 11 is 0. The van der Waals surface area contributed by atoms with Gasteiger partial charge in [0.2, 0.25) is 35.9 Å². The largest absolute Gasteiger partial charge is 0.497 e. The molecule has 8 aromatic rings. The van der Waals surface area contributed by atoms with E-state index in [2.05, 4.69) is 19.9 Å². The van der Waals surface area contributed by atoms with Crippen molar-refractivity contribution in [2.45, 2.75) is 49.5 Å². The molecule has 6 aromatic carbocycles. The van der Waals surface area contributed by atoms with Gasteiger partial charge in [-0.15, -0.1) is 0 Å². The Hall–Kier alpha value is -10.2. The fourth-order valence-corrected chi connectivity index (χ4v) is 8.35. The summed E-state index contributed by atoms with van der Waals surface area (Å²) in [4.78, 5) is 66.3. The average Bonchev–Trinajstić information content (AvgIpc) is 2.25. The van der Waals surface area contributed by atoms with E-state index in [0.29, 0.717) is 57.0 Å². The summed E-state index contributed by atoms with van der Waals surface area (Å²) in [5.74, 6) is -5.50. The molecule has 0 fully saturated rings. The van der Waals surface area contributed by atoms with Crippen LogP contribution in [0.15, 0.2) is 170 Å². The van der Waals surface area contributed by atoms with Crippen LogP contribution >= 0.6 is 0 Å². The molecule has 0 bridgehead atoms. The molecule has 0 saturated carbocycles. The predicted molar refractivity (Wildman–Crippen MR) is 294 cm³/mol. The molecule has 0 aliphatic carbocycles. The average molecular weight is 1160 g/mol. The van der Waals surface area contributed by atoms with E-state index < -0.39 is 72.3 Å². The lowest BCUT2D eigenvalue weighted by Gasteiger charge is -2.22. The molecule has 4 atom stereocenters. The second-order valence-corrected chi connectivity index (χ2v) is 18.5. The molecule has 8 N–H and O–H groups in total. The highest BCUT2D eigenvalue weighted by atomic mass is 19.4. The van der Waals surface area contributed by atoms with Crippen molar-refractivity contribution in [1.82, 2.24) is 19.9 Å². The number of carbonyl (C=O) groups excluding carboxylic acids is 4. The number of nitrogens with zero attached hydrogens (tertiary/aromatic N) is 4. The van der Waals surface area contributed by atoms with E-state index in [1.54, 1.807) is 48.5 Å². The van der Waals surface area contributed by atoms with Gasteiger partial charge in [-0.05, 0) is 70.5 Å². The fraction of sp³-hybridized carbons (Fsp3) is 0.167. The number of esters is 4. The molecule has 0 saturated heterocycles. The van der Waals surface area contributed by atoms with Crippen LogP contribution in [0, 0.1) is 0 Å². The third-order valence-electron chi connectivity index (χ3n) is 12.5. The monoisotopic (exact) mass is 1160 g/mol. The molecule has 2 heterocycles. The van der Waals surface area contributed by atoms with Crippen molar-refractivity contribution in [3.05, 3.63) is 192 Å². The highest BCUT2D eigenvalue weighted by Crippen LogP contribution is 2.40. The van der Waals surface area contributed by atoms with E-state index in [1.807, 2.05) is 0 Å². The van der Waals surface area contributed by atoms with Gasteiger partial charge >= 0.3 is 36.2 Å². The smallest absolute Gasteiger partial charge is 0.429 e. The second-order valence-electron chi connectivity index (χ2n) is 18.5. The zero-order valence-electron chi connectivity index (χ0n) is 44.3. The van der Waals surface area contributed by atoms with Crippen LogP contribution < -0.4 is 41.9 Å². The number of halogens is 6. The molecule has 0 radical (unpaired) electrons. The highest BCUT2D eigenvalue weighted by molar-refractivity contribution is 6.00. The topological polar surface area (TPSA) is 279 Å². The van der Waals surface area contributed by atoms with Crippen molar-refractivity contribution in [3.8, 4) is 68.0 Å². The minimum atomic E-state index is -4.85. The first-order valence-electron chi connectivity index (χ1n) is 25.2. The first-order chi connectivity index (χ1) is 40.0. The number of hydrogen-bond acceptors (Lipinski definition) is 18. The Morgan fingerprint density at radius 2 is 0.810 bits per heavy atom. The van der Waals surface area contributed by atoms with Gasteiger partial charge in [0.25, 0.3) is 0 Å². The Kier molecular flexibility index (Phi) is 18.7. The number of aromatic nitrogens is 4. The Morgan fingerprint density at radius 3 is 1.14 bits per heavy atom. The van der Waals surface area contributed by atoms with Crippen LogP contribution in [0.25, 0.3) is 44.8 Å². The maximum absolute atomic E-state index is 14.4. The maximum Gasteiger partial charge on any atom is 0.429 e. The molecule has 0 aliphatic heterocycles.